The summed E-state index contributed by atoms with van der Waals surface area (Å²) in [5.74, 6) is -0.438. The molecule has 0 unspecified atom stereocenters. The molecule has 0 aromatic heterocycles. The van der Waals surface area contributed by atoms with Crippen molar-refractivity contribution in [3.05, 3.63) is 6.61 Å². The van der Waals surface area contributed by atoms with E-state index in [1.807, 2.05) is 0 Å². The zero-order valence-corrected chi connectivity index (χ0v) is 6.64. The predicted octanol–water partition coefficient (Wildman–Crippen LogP) is -1.17. The Morgan fingerprint density at radius 2 is 2.33 bits per heavy atom. The fourth-order valence-electron chi connectivity index (χ4n) is 0.900. The van der Waals surface area contributed by atoms with Crippen LogP contribution in [0.25, 0.3) is 0 Å². The molecular weight excluding hydrogens is 164 g/mol. The maximum atomic E-state index is 10.4. The van der Waals surface area contributed by atoms with Gasteiger partial charge in [-0.1, -0.05) is 0 Å². The Balaban J connectivity index is 2.29. The molecule has 3 atom stereocenters. The van der Waals surface area contributed by atoms with Gasteiger partial charge in [-0.2, -0.15) is 0 Å². The number of rotatable bonds is 2. The third kappa shape index (κ3) is 2.17. The summed E-state index contributed by atoms with van der Waals surface area (Å²) in [6.45, 7) is 2.35. The first-order valence-electron chi connectivity index (χ1n) is 3.59. The van der Waals surface area contributed by atoms with E-state index in [4.69, 9.17) is 9.84 Å². The number of ether oxygens (including phenoxy) is 2. The monoisotopic (exact) mass is 175 g/mol. The van der Waals surface area contributed by atoms with Crippen LogP contribution >= 0.6 is 0 Å². The second-order valence-corrected chi connectivity index (χ2v) is 2.59. The Morgan fingerprint density at radius 1 is 1.67 bits per heavy atom. The Morgan fingerprint density at radius 3 is 2.75 bits per heavy atom. The number of aliphatic hydroxyl groups excluding tert-OH is 2. The Hall–Kier alpha value is -0.650. The van der Waals surface area contributed by atoms with Crippen LogP contribution in [0.3, 0.4) is 0 Å². The standard InChI is InChI=1S/C7H11O5/c1-4(8)11-3-6-7(10)5(9)2-12-6/h2,5-7,9-10H,3H2,1H3/t5-,6-,7-/m1/s1. The maximum Gasteiger partial charge on any atom is 0.302 e. The molecule has 1 aliphatic rings. The molecule has 1 saturated heterocycles. The van der Waals surface area contributed by atoms with E-state index in [9.17, 15) is 9.90 Å². The molecule has 5 heteroatoms. The average Bonchev–Trinajstić information content (AvgIpc) is 2.30. The lowest BCUT2D eigenvalue weighted by molar-refractivity contribution is -0.145. The van der Waals surface area contributed by atoms with Crippen molar-refractivity contribution in [2.45, 2.75) is 25.2 Å². The van der Waals surface area contributed by atoms with Crippen molar-refractivity contribution in [1.29, 1.82) is 0 Å². The van der Waals surface area contributed by atoms with Gasteiger partial charge in [0.1, 0.15) is 31.5 Å². The molecular formula is C7H11O5. The second kappa shape index (κ2) is 3.84. The van der Waals surface area contributed by atoms with Gasteiger partial charge in [0.25, 0.3) is 0 Å². The van der Waals surface area contributed by atoms with Gasteiger partial charge in [-0.15, -0.1) is 0 Å². The topological polar surface area (TPSA) is 76.0 Å². The SMILES string of the molecule is CC(=O)OC[C@H]1O[CH][C@@H](O)[C@H]1O. The molecule has 1 aliphatic heterocycles. The van der Waals surface area contributed by atoms with Crippen LogP contribution in [-0.2, 0) is 14.3 Å². The van der Waals surface area contributed by atoms with E-state index < -0.39 is 24.3 Å². The lowest BCUT2D eigenvalue weighted by atomic mass is 10.2. The fourth-order valence-corrected chi connectivity index (χ4v) is 0.900. The van der Waals surface area contributed by atoms with Gasteiger partial charge in [-0.05, 0) is 0 Å². The summed E-state index contributed by atoms with van der Waals surface area (Å²) in [4.78, 5) is 10.4. The zero-order valence-electron chi connectivity index (χ0n) is 6.64. The minimum absolute atomic E-state index is 0.0376. The second-order valence-electron chi connectivity index (χ2n) is 2.59. The van der Waals surface area contributed by atoms with Crippen molar-refractivity contribution >= 4 is 5.97 Å². The van der Waals surface area contributed by atoms with Crippen molar-refractivity contribution in [3.8, 4) is 0 Å². The smallest absolute Gasteiger partial charge is 0.302 e. The van der Waals surface area contributed by atoms with Gasteiger partial charge in [-0.3, -0.25) is 4.79 Å². The number of aliphatic hydroxyl groups is 2. The van der Waals surface area contributed by atoms with Crippen molar-refractivity contribution in [3.63, 3.8) is 0 Å². The summed E-state index contributed by atoms with van der Waals surface area (Å²) < 4.78 is 9.42. The van der Waals surface area contributed by atoms with Gasteiger partial charge in [0.2, 0.25) is 0 Å². The lowest BCUT2D eigenvalue weighted by Gasteiger charge is -2.13. The largest absolute Gasteiger partial charge is 0.463 e. The maximum absolute atomic E-state index is 10.4. The third-order valence-corrected chi connectivity index (χ3v) is 1.57. The molecule has 0 bridgehead atoms. The molecule has 2 N–H and O–H groups in total. The fraction of sp³-hybridized carbons (Fsp3) is 0.714. The molecule has 5 nitrogen and oxygen atoms in total. The van der Waals surface area contributed by atoms with Gasteiger partial charge >= 0.3 is 5.97 Å². The number of esters is 1. The van der Waals surface area contributed by atoms with E-state index in [2.05, 4.69) is 4.74 Å². The highest BCUT2D eigenvalue weighted by molar-refractivity contribution is 5.65. The molecule has 69 valence electrons. The third-order valence-electron chi connectivity index (χ3n) is 1.57. The minimum Gasteiger partial charge on any atom is -0.463 e. The van der Waals surface area contributed by atoms with E-state index in [0.29, 0.717) is 0 Å². The van der Waals surface area contributed by atoms with Crippen molar-refractivity contribution in [1.82, 2.24) is 0 Å². The first-order chi connectivity index (χ1) is 5.61. The predicted molar refractivity (Wildman–Crippen MR) is 37.8 cm³/mol. The number of carbonyl (C=O) groups excluding carboxylic acids is 1. The molecule has 1 fully saturated rings. The quantitative estimate of drug-likeness (QED) is 0.517. The lowest BCUT2D eigenvalue weighted by Crippen LogP contribution is -2.33. The van der Waals surface area contributed by atoms with E-state index in [1.54, 1.807) is 0 Å². The number of hydrogen-bond donors (Lipinski definition) is 2. The summed E-state index contributed by atoms with van der Waals surface area (Å²) in [5.41, 5.74) is 0. The highest BCUT2D eigenvalue weighted by Gasteiger charge is 2.35. The summed E-state index contributed by atoms with van der Waals surface area (Å²) in [6.07, 6.45) is -2.65. The first kappa shape index (κ1) is 9.44. The van der Waals surface area contributed by atoms with Gasteiger partial charge in [-0.25, -0.2) is 0 Å². The Bertz CT molecular complexity index is 169. The highest BCUT2D eigenvalue weighted by Crippen LogP contribution is 2.17. The molecule has 0 spiro atoms. The van der Waals surface area contributed by atoms with Crippen LogP contribution in [0.2, 0.25) is 0 Å². The molecule has 0 aromatic carbocycles. The summed E-state index contributed by atoms with van der Waals surface area (Å²) in [5, 5.41) is 18.1. The molecule has 0 aliphatic carbocycles. The average molecular weight is 175 g/mol. The highest BCUT2D eigenvalue weighted by atomic mass is 16.6. The van der Waals surface area contributed by atoms with Crippen molar-refractivity contribution in [2.75, 3.05) is 6.61 Å². The van der Waals surface area contributed by atoms with Gasteiger partial charge in [0.15, 0.2) is 0 Å². The number of hydrogen-bond acceptors (Lipinski definition) is 5. The molecule has 1 radical (unpaired) electrons. The van der Waals surface area contributed by atoms with Gasteiger partial charge in [0.05, 0.1) is 0 Å². The first-order valence-corrected chi connectivity index (χ1v) is 3.59. The van der Waals surface area contributed by atoms with Gasteiger partial charge in [0, 0.05) is 6.92 Å². The summed E-state index contributed by atoms with van der Waals surface area (Å²) in [6, 6.07) is 0. The molecule has 1 heterocycles. The Kier molecular flexibility index (Phi) is 3.02. The van der Waals surface area contributed by atoms with Crippen LogP contribution in [-0.4, -0.2) is 41.1 Å². The van der Waals surface area contributed by atoms with E-state index in [0.717, 1.165) is 6.61 Å². The molecule has 0 amide bonds. The van der Waals surface area contributed by atoms with Crippen molar-refractivity contribution in [2.24, 2.45) is 0 Å². The van der Waals surface area contributed by atoms with Crippen LogP contribution in [0.5, 0.6) is 0 Å². The van der Waals surface area contributed by atoms with E-state index in [1.165, 1.54) is 6.92 Å². The Labute approximate surface area is 69.9 Å². The van der Waals surface area contributed by atoms with Crippen molar-refractivity contribution < 1.29 is 24.5 Å². The van der Waals surface area contributed by atoms with Crippen LogP contribution in [0, 0.1) is 6.61 Å². The van der Waals surface area contributed by atoms with Crippen LogP contribution in [0.4, 0.5) is 0 Å². The normalized spacial score (nSPS) is 35.1. The van der Waals surface area contributed by atoms with E-state index in [-0.39, 0.29) is 6.61 Å². The zero-order chi connectivity index (χ0) is 9.14. The van der Waals surface area contributed by atoms with Crippen LogP contribution in [0.1, 0.15) is 6.92 Å². The van der Waals surface area contributed by atoms with Crippen LogP contribution < -0.4 is 0 Å². The summed E-state index contributed by atoms with van der Waals surface area (Å²) >= 11 is 0. The molecule has 0 saturated carbocycles. The number of carbonyl (C=O) groups is 1. The molecule has 0 aromatic rings. The van der Waals surface area contributed by atoms with Gasteiger partial charge < -0.3 is 19.7 Å². The molecule has 12 heavy (non-hydrogen) atoms. The van der Waals surface area contributed by atoms with E-state index >= 15 is 0 Å². The minimum atomic E-state index is -1.01. The van der Waals surface area contributed by atoms with Crippen LogP contribution in [0.15, 0.2) is 0 Å². The molecule has 1 rings (SSSR count). The summed E-state index contributed by atoms with van der Waals surface area (Å²) in [7, 11) is 0.